The van der Waals surface area contributed by atoms with Crippen LogP contribution in [0.5, 0.6) is 0 Å². The van der Waals surface area contributed by atoms with Crippen molar-refractivity contribution in [2.75, 3.05) is 6.54 Å². The smallest absolute Gasteiger partial charge is 0.371 e. The van der Waals surface area contributed by atoms with Crippen LogP contribution in [0.4, 0.5) is 26.3 Å². The van der Waals surface area contributed by atoms with Crippen LogP contribution < -0.4 is 5.32 Å². The van der Waals surface area contributed by atoms with E-state index < -0.39 is 24.8 Å². The van der Waals surface area contributed by atoms with Crippen molar-refractivity contribution >= 4 is 91.1 Å². The van der Waals surface area contributed by atoms with Gasteiger partial charge in [0.05, 0.1) is 26.0 Å². The fourth-order valence-corrected chi connectivity index (χ4v) is 4.98. The summed E-state index contributed by atoms with van der Waals surface area (Å²) >= 11 is 31.3. The number of alkyl halides is 6. The van der Waals surface area contributed by atoms with E-state index in [9.17, 15) is 26.3 Å². The molecule has 2 aromatic carbocycles. The van der Waals surface area contributed by atoms with Crippen LogP contribution in [0.25, 0.3) is 6.08 Å². The van der Waals surface area contributed by atoms with Gasteiger partial charge in [0, 0.05) is 14.9 Å². The summed E-state index contributed by atoms with van der Waals surface area (Å²) in [5.41, 5.74) is 0.976. The molecule has 0 spiro atoms. The zero-order chi connectivity index (χ0) is 27.3. The number of allylic oxidation sites excluding steroid dienone is 1. The number of nitrogens with one attached hydrogen (secondary N) is 1. The Hall–Kier alpha value is -0.910. The highest BCUT2D eigenvalue weighted by Crippen LogP contribution is 2.41. The summed E-state index contributed by atoms with van der Waals surface area (Å²) in [6, 6.07) is 7.13. The molecule has 2 rings (SSSR count). The summed E-state index contributed by atoms with van der Waals surface area (Å²) in [7, 11) is 0. The molecule has 2 aromatic rings. The van der Waals surface area contributed by atoms with Crippen LogP contribution in [-0.2, 0) is 0 Å². The third-order valence-corrected chi connectivity index (χ3v) is 7.41. The molecular weight excluding hydrogens is 655 g/mol. The lowest BCUT2D eigenvalue weighted by Gasteiger charge is -2.18. The highest BCUT2D eigenvalue weighted by molar-refractivity contribution is 9.10. The molecule has 196 valence electrons. The van der Waals surface area contributed by atoms with Crippen molar-refractivity contribution in [1.29, 1.82) is 0 Å². The Morgan fingerprint density at radius 1 is 0.972 bits per heavy atom. The topological polar surface area (TPSA) is 12.0 Å². The largest absolute Gasteiger partial charge is 0.405 e. The van der Waals surface area contributed by atoms with Crippen molar-refractivity contribution in [1.82, 2.24) is 5.32 Å². The van der Waals surface area contributed by atoms with Gasteiger partial charge in [-0.25, -0.2) is 0 Å². The molecule has 0 aliphatic carbocycles. The molecule has 0 aliphatic rings. The van der Waals surface area contributed by atoms with Crippen LogP contribution in [0.3, 0.4) is 0 Å². The molecule has 36 heavy (non-hydrogen) atoms. The van der Waals surface area contributed by atoms with E-state index in [-0.39, 0.29) is 32.0 Å². The van der Waals surface area contributed by atoms with E-state index in [4.69, 9.17) is 59.2 Å². The normalized spacial score (nSPS) is 13.2. The molecule has 0 aliphatic heterocycles. The summed E-state index contributed by atoms with van der Waals surface area (Å²) in [4.78, 5) is 0.631. The molecule has 0 radical (unpaired) electrons. The zero-order valence-electron chi connectivity index (χ0n) is 18.0. The van der Waals surface area contributed by atoms with Crippen molar-refractivity contribution < 1.29 is 26.3 Å². The standard InChI is InChI=1S/C23H17BrCl3F6NS2/c24-16-8-12(4-6-14(16)19(35)2-1-3-20(36)34-11-22(28,29)30)5-7-15(23(31,32)33)13-9-17(25)21(27)18(26)10-13/h4-10,15H,1-3,11H2,(H,34,36)/b7-5+. The van der Waals surface area contributed by atoms with E-state index in [2.05, 4.69) is 21.2 Å². The van der Waals surface area contributed by atoms with Gasteiger partial charge in [-0.3, -0.25) is 0 Å². The first-order valence-corrected chi connectivity index (χ1v) is 12.9. The number of thiocarbonyl (C=S) groups is 2. The molecule has 1 nitrogen and oxygen atoms in total. The Morgan fingerprint density at radius 2 is 1.58 bits per heavy atom. The second-order valence-corrected chi connectivity index (χ2v) is 10.6. The Balaban J connectivity index is 2.09. The SMILES string of the molecule is FC(F)(F)CNC(=S)CCCC(=S)c1ccc(/C=C/C(c2cc(Cl)c(Cl)c(Cl)c2)C(F)(F)F)cc1Br. The van der Waals surface area contributed by atoms with Gasteiger partial charge in [-0.1, -0.05) is 99.5 Å². The van der Waals surface area contributed by atoms with Crippen LogP contribution in [0.2, 0.25) is 15.1 Å². The van der Waals surface area contributed by atoms with Gasteiger partial charge in [0.1, 0.15) is 6.54 Å². The van der Waals surface area contributed by atoms with Crippen LogP contribution in [0.15, 0.2) is 40.9 Å². The minimum Gasteiger partial charge on any atom is -0.371 e. The summed E-state index contributed by atoms with van der Waals surface area (Å²) in [6.07, 6.45) is -5.58. The summed E-state index contributed by atoms with van der Waals surface area (Å²) in [5.74, 6) is -1.97. The summed E-state index contributed by atoms with van der Waals surface area (Å²) in [5, 5.41) is 1.96. The molecular formula is C23H17BrCl3F6NS2. The second kappa shape index (κ2) is 13.2. The number of hydrogen-bond donors (Lipinski definition) is 1. The molecule has 0 fully saturated rings. The Bertz CT molecular complexity index is 1130. The Morgan fingerprint density at radius 3 is 2.11 bits per heavy atom. The molecule has 1 unspecified atom stereocenters. The van der Waals surface area contributed by atoms with Crippen LogP contribution in [-0.4, -0.2) is 28.8 Å². The third-order valence-electron chi connectivity index (χ3n) is 4.79. The first-order chi connectivity index (χ1) is 16.6. The van der Waals surface area contributed by atoms with Crippen LogP contribution in [0, 0.1) is 0 Å². The quantitative estimate of drug-likeness (QED) is 0.123. The van der Waals surface area contributed by atoms with Gasteiger partial charge in [0.25, 0.3) is 0 Å². The van der Waals surface area contributed by atoms with Gasteiger partial charge >= 0.3 is 12.4 Å². The van der Waals surface area contributed by atoms with Crippen molar-refractivity contribution in [3.05, 3.63) is 72.6 Å². The van der Waals surface area contributed by atoms with Crippen molar-refractivity contribution in [2.45, 2.75) is 37.5 Å². The van der Waals surface area contributed by atoms with Gasteiger partial charge in [-0.2, -0.15) is 26.3 Å². The first kappa shape index (κ1) is 31.3. The zero-order valence-corrected chi connectivity index (χ0v) is 23.5. The second-order valence-electron chi connectivity index (χ2n) is 7.58. The summed E-state index contributed by atoms with van der Waals surface area (Å²) < 4.78 is 78.5. The molecule has 0 saturated carbocycles. The van der Waals surface area contributed by atoms with Crippen molar-refractivity contribution in [3.8, 4) is 0 Å². The molecule has 0 amide bonds. The molecule has 0 bridgehead atoms. The molecule has 0 heterocycles. The average Bonchev–Trinajstić information content (AvgIpc) is 2.74. The average molecular weight is 672 g/mol. The third kappa shape index (κ3) is 9.76. The maximum atomic E-state index is 13.7. The molecule has 0 aromatic heterocycles. The van der Waals surface area contributed by atoms with Crippen molar-refractivity contribution in [3.63, 3.8) is 0 Å². The van der Waals surface area contributed by atoms with Gasteiger partial charge < -0.3 is 5.32 Å². The maximum absolute atomic E-state index is 13.7. The predicted molar refractivity (Wildman–Crippen MR) is 146 cm³/mol. The lowest BCUT2D eigenvalue weighted by Crippen LogP contribution is -2.32. The maximum Gasteiger partial charge on any atom is 0.405 e. The monoisotopic (exact) mass is 669 g/mol. The van der Waals surface area contributed by atoms with E-state index in [0.717, 1.165) is 18.2 Å². The van der Waals surface area contributed by atoms with Gasteiger partial charge in [-0.05, 0) is 48.6 Å². The van der Waals surface area contributed by atoms with E-state index in [0.29, 0.717) is 33.3 Å². The number of hydrogen-bond acceptors (Lipinski definition) is 2. The number of halogens is 10. The van der Waals surface area contributed by atoms with Gasteiger partial charge in [-0.15, -0.1) is 0 Å². The van der Waals surface area contributed by atoms with Gasteiger partial charge in [0.2, 0.25) is 0 Å². The summed E-state index contributed by atoms with van der Waals surface area (Å²) in [6.45, 7) is -1.19. The first-order valence-electron chi connectivity index (χ1n) is 10.1. The van der Waals surface area contributed by atoms with E-state index >= 15 is 0 Å². The predicted octanol–water partition coefficient (Wildman–Crippen LogP) is 10.1. The van der Waals surface area contributed by atoms with Gasteiger partial charge in [0.15, 0.2) is 0 Å². The molecule has 0 saturated heterocycles. The molecule has 1 atom stereocenters. The number of rotatable bonds is 9. The van der Waals surface area contributed by atoms with Crippen LogP contribution in [0.1, 0.15) is 41.9 Å². The van der Waals surface area contributed by atoms with E-state index in [1.54, 1.807) is 18.2 Å². The minimum absolute atomic E-state index is 0.0260. The lowest BCUT2D eigenvalue weighted by atomic mass is 9.96. The fourth-order valence-electron chi connectivity index (χ4n) is 3.06. The molecule has 1 N–H and O–H groups in total. The molecule has 13 heteroatoms. The van der Waals surface area contributed by atoms with E-state index in [1.165, 1.54) is 6.08 Å². The minimum atomic E-state index is -4.61. The lowest BCUT2D eigenvalue weighted by molar-refractivity contribution is -0.139. The fraction of sp³-hybridized carbons (Fsp3) is 0.304. The number of benzene rings is 2. The highest BCUT2D eigenvalue weighted by atomic mass is 79.9. The van der Waals surface area contributed by atoms with Crippen molar-refractivity contribution in [2.24, 2.45) is 0 Å². The van der Waals surface area contributed by atoms with E-state index in [1.807, 2.05) is 0 Å². The van der Waals surface area contributed by atoms with Crippen LogP contribution >= 0.6 is 75.2 Å². The Kier molecular flexibility index (Phi) is 11.5. The Labute approximate surface area is 238 Å². The highest BCUT2D eigenvalue weighted by Gasteiger charge is 2.39.